The van der Waals surface area contributed by atoms with Crippen LogP contribution in [0.1, 0.15) is 12.8 Å². The number of nitrogens with zero attached hydrogens (tertiary/aromatic N) is 1. The summed E-state index contributed by atoms with van der Waals surface area (Å²) in [6, 6.07) is 2.38. The minimum Gasteiger partial charge on any atom is -0.393 e. The topological polar surface area (TPSA) is 79.3 Å². The van der Waals surface area contributed by atoms with Gasteiger partial charge in [-0.2, -0.15) is 0 Å². The fraction of sp³-hybridized carbons (Fsp3) is 0.500. The van der Waals surface area contributed by atoms with Crippen molar-refractivity contribution in [1.29, 1.82) is 0 Å². The fourth-order valence-electron chi connectivity index (χ4n) is 1.73. The van der Waals surface area contributed by atoms with Gasteiger partial charge >= 0.3 is 0 Å². The highest BCUT2D eigenvalue weighted by Crippen LogP contribution is 2.26. The summed E-state index contributed by atoms with van der Waals surface area (Å²) in [7, 11) is -3.90. The molecule has 2 rings (SSSR count). The summed E-state index contributed by atoms with van der Waals surface area (Å²) in [5.41, 5.74) is 0. The molecule has 17 heavy (non-hydrogen) atoms. The fourth-order valence-corrected chi connectivity index (χ4v) is 2.85. The van der Waals surface area contributed by atoms with Crippen LogP contribution in [0.5, 0.6) is 0 Å². The van der Waals surface area contributed by atoms with Gasteiger partial charge in [-0.25, -0.2) is 22.5 Å². The van der Waals surface area contributed by atoms with Gasteiger partial charge in [-0.05, 0) is 30.9 Å². The Morgan fingerprint density at radius 2 is 2.24 bits per heavy atom. The molecule has 1 fully saturated rings. The highest BCUT2D eigenvalue weighted by atomic mass is 32.2. The molecule has 1 aliphatic rings. The van der Waals surface area contributed by atoms with Crippen molar-refractivity contribution >= 4 is 10.0 Å². The lowest BCUT2D eigenvalue weighted by Crippen LogP contribution is -2.38. The van der Waals surface area contributed by atoms with Crippen molar-refractivity contribution in [3.8, 4) is 0 Å². The first-order valence-corrected chi connectivity index (χ1v) is 6.75. The first-order valence-electron chi connectivity index (χ1n) is 5.27. The summed E-state index contributed by atoms with van der Waals surface area (Å²) in [5, 5.41) is 8.48. The molecule has 0 aliphatic heterocycles. The summed E-state index contributed by atoms with van der Waals surface area (Å²) in [4.78, 5) is 3.51. The third-order valence-electron chi connectivity index (χ3n) is 2.75. The largest absolute Gasteiger partial charge is 0.393 e. The number of aliphatic hydroxyl groups excluding tert-OH is 1. The molecule has 1 saturated carbocycles. The number of pyridine rings is 1. The zero-order chi connectivity index (χ0) is 12.5. The van der Waals surface area contributed by atoms with Crippen LogP contribution >= 0.6 is 0 Å². The van der Waals surface area contributed by atoms with Crippen LogP contribution in [0.3, 0.4) is 0 Å². The molecule has 5 nitrogen and oxygen atoms in total. The molecular weight excluding hydrogens is 247 g/mol. The summed E-state index contributed by atoms with van der Waals surface area (Å²) < 4.78 is 38.9. The number of sulfonamides is 1. The molecule has 1 aliphatic carbocycles. The number of halogens is 1. The Hall–Kier alpha value is -1.05. The van der Waals surface area contributed by atoms with E-state index in [1.165, 1.54) is 12.3 Å². The number of rotatable bonds is 4. The van der Waals surface area contributed by atoms with Crippen molar-refractivity contribution in [1.82, 2.24) is 9.71 Å². The molecule has 0 radical (unpaired) electrons. The van der Waals surface area contributed by atoms with Gasteiger partial charge in [0.15, 0.2) is 5.82 Å². The molecule has 94 valence electrons. The highest BCUT2D eigenvalue weighted by molar-refractivity contribution is 7.89. The monoisotopic (exact) mass is 260 g/mol. The van der Waals surface area contributed by atoms with Gasteiger partial charge in [0, 0.05) is 12.7 Å². The van der Waals surface area contributed by atoms with E-state index in [4.69, 9.17) is 5.11 Å². The molecule has 0 saturated heterocycles. The molecule has 0 amide bonds. The standard InChI is InChI=1S/C10H13FN2O3S/c11-9-2-1-3-12-10(9)17(15,16)13-6-7-4-8(14)5-7/h1-3,7-8,13-14H,4-6H2. The third-order valence-corrected chi connectivity index (χ3v) is 4.11. The zero-order valence-electron chi connectivity index (χ0n) is 9.01. The van der Waals surface area contributed by atoms with Gasteiger partial charge in [0.05, 0.1) is 6.10 Å². The number of aliphatic hydroxyl groups is 1. The quantitative estimate of drug-likeness (QED) is 0.814. The van der Waals surface area contributed by atoms with E-state index in [1.54, 1.807) is 0 Å². The maximum atomic E-state index is 13.2. The van der Waals surface area contributed by atoms with Crippen LogP contribution in [-0.4, -0.2) is 31.2 Å². The van der Waals surface area contributed by atoms with Crippen LogP contribution in [0.2, 0.25) is 0 Å². The van der Waals surface area contributed by atoms with Gasteiger partial charge in [-0.3, -0.25) is 0 Å². The Labute approximate surface area is 98.7 Å². The van der Waals surface area contributed by atoms with Crippen LogP contribution in [0.25, 0.3) is 0 Å². The summed E-state index contributed by atoms with van der Waals surface area (Å²) in [5.74, 6) is -0.750. The van der Waals surface area contributed by atoms with E-state index >= 15 is 0 Å². The van der Waals surface area contributed by atoms with Crippen molar-refractivity contribution in [2.24, 2.45) is 5.92 Å². The average molecular weight is 260 g/mol. The molecule has 0 bridgehead atoms. The number of aromatic nitrogens is 1. The van der Waals surface area contributed by atoms with Crippen LogP contribution < -0.4 is 4.72 Å². The second-order valence-electron chi connectivity index (χ2n) is 4.13. The number of nitrogens with one attached hydrogen (secondary N) is 1. The molecule has 2 N–H and O–H groups in total. The minimum absolute atomic E-state index is 0.117. The SMILES string of the molecule is O=S(=O)(NCC1CC(O)C1)c1ncccc1F. The Balaban J connectivity index is 2.02. The highest BCUT2D eigenvalue weighted by Gasteiger charge is 2.29. The van der Waals surface area contributed by atoms with E-state index in [-0.39, 0.29) is 18.6 Å². The van der Waals surface area contributed by atoms with Crippen LogP contribution in [-0.2, 0) is 10.0 Å². The molecule has 0 unspecified atom stereocenters. The minimum atomic E-state index is -3.90. The average Bonchev–Trinajstić information content (AvgIpc) is 2.23. The summed E-state index contributed by atoms with van der Waals surface area (Å²) in [6.45, 7) is 0.204. The van der Waals surface area contributed by atoms with Gasteiger partial charge < -0.3 is 5.11 Å². The molecule has 1 aromatic rings. The van der Waals surface area contributed by atoms with Crippen molar-refractivity contribution < 1.29 is 17.9 Å². The maximum Gasteiger partial charge on any atom is 0.261 e. The summed E-state index contributed by atoms with van der Waals surface area (Å²) in [6.07, 6.45) is 2.04. The van der Waals surface area contributed by atoms with Crippen LogP contribution in [0.4, 0.5) is 4.39 Å². The van der Waals surface area contributed by atoms with Gasteiger partial charge in [0.2, 0.25) is 5.03 Å². The predicted molar refractivity (Wildman–Crippen MR) is 58.1 cm³/mol. The van der Waals surface area contributed by atoms with E-state index in [1.807, 2.05) is 0 Å². The Morgan fingerprint density at radius 1 is 1.53 bits per heavy atom. The van der Waals surface area contributed by atoms with Crippen molar-refractivity contribution in [2.75, 3.05) is 6.54 Å². The Kier molecular flexibility index (Phi) is 3.41. The molecular formula is C10H13FN2O3S. The van der Waals surface area contributed by atoms with Gasteiger partial charge in [-0.1, -0.05) is 0 Å². The van der Waals surface area contributed by atoms with Gasteiger partial charge in [-0.15, -0.1) is 0 Å². The lowest BCUT2D eigenvalue weighted by Gasteiger charge is -2.31. The van der Waals surface area contributed by atoms with Gasteiger partial charge in [0.25, 0.3) is 10.0 Å². The lowest BCUT2D eigenvalue weighted by molar-refractivity contribution is 0.0453. The van der Waals surface area contributed by atoms with Crippen molar-refractivity contribution in [3.63, 3.8) is 0 Å². The smallest absolute Gasteiger partial charge is 0.261 e. The van der Waals surface area contributed by atoms with Gasteiger partial charge in [0.1, 0.15) is 0 Å². The first kappa shape index (κ1) is 12.4. The van der Waals surface area contributed by atoms with E-state index in [0.717, 1.165) is 6.07 Å². The molecule has 0 aromatic carbocycles. The van der Waals surface area contributed by atoms with E-state index in [0.29, 0.717) is 12.8 Å². The third kappa shape index (κ3) is 2.80. The first-order chi connectivity index (χ1) is 7.99. The van der Waals surface area contributed by atoms with Crippen molar-refractivity contribution in [3.05, 3.63) is 24.1 Å². The van der Waals surface area contributed by atoms with E-state index in [9.17, 15) is 12.8 Å². The Bertz CT molecular complexity index is 500. The predicted octanol–water partition coefficient (Wildman–Crippen LogP) is 0.270. The lowest BCUT2D eigenvalue weighted by atomic mass is 9.83. The molecule has 1 heterocycles. The molecule has 0 spiro atoms. The normalized spacial score (nSPS) is 24.4. The van der Waals surface area contributed by atoms with Crippen LogP contribution in [0, 0.1) is 11.7 Å². The molecule has 7 heteroatoms. The van der Waals surface area contributed by atoms with E-state index in [2.05, 4.69) is 9.71 Å². The van der Waals surface area contributed by atoms with E-state index < -0.39 is 20.9 Å². The molecule has 0 atom stereocenters. The summed E-state index contributed by atoms with van der Waals surface area (Å²) >= 11 is 0. The second kappa shape index (κ2) is 4.67. The number of hydrogen-bond donors (Lipinski definition) is 2. The Morgan fingerprint density at radius 3 is 2.82 bits per heavy atom. The molecule has 1 aromatic heterocycles. The maximum absolute atomic E-state index is 13.2. The van der Waals surface area contributed by atoms with Crippen molar-refractivity contribution in [2.45, 2.75) is 24.0 Å². The zero-order valence-corrected chi connectivity index (χ0v) is 9.82. The number of hydrogen-bond acceptors (Lipinski definition) is 4. The van der Waals surface area contributed by atoms with Crippen LogP contribution in [0.15, 0.2) is 23.4 Å². The second-order valence-corrected chi connectivity index (χ2v) is 5.82.